The van der Waals surface area contributed by atoms with Gasteiger partial charge in [0, 0.05) is 36.8 Å². The number of pyridine rings is 1. The summed E-state index contributed by atoms with van der Waals surface area (Å²) in [4.78, 5) is 6.08. The molecule has 166 valence electrons. The lowest BCUT2D eigenvalue weighted by atomic mass is 9.94. The van der Waals surface area contributed by atoms with E-state index >= 15 is 0 Å². The van der Waals surface area contributed by atoms with Gasteiger partial charge < -0.3 is 15.4 Å². The van der Waals surface area contributed by atoms with Gasteiger partial charge in [-0.15, -0.1) is 0 Å². The van der Waals surface area contributed by atoms with Crippen LogP contribution in [0, 0.1) is 5.92 Å². The molecule has 1 saturated heterocycles. The van der Waals surface area contributed by atoms with Gasteiger partial charge in [0.05, 0.1) is 29.2 Å². The molecule has 5 rings (SSSR count). The van der Waals surface area contributed by atoms with E-state index in [1.807, 2.05) is 24.6 Å². The van der Waals surface area contributed by atoms with E-state index in [0.717, 1.165) is 44.3 Å². The number of likely N-dealkylation sites (N-methyl/N-ethyl adjacent to an activating group) is 1. The van der Waals surface area contributed by atoms with Gasteiger partial charge >= 0.3 is 6.18 Å². The molecule has 0 bridgehead atoms. The molecule has 2 aromatic rings. The van der Waals surface area contributed by atoms with Gasteiger partial charge in [-0.25, -0.2) is 4.98 Å². The molecule has 2 aromatic heterocycles. The van der Waals surface area contributed by atoms with Crippen molar-refractivity contribution in [2.45, 2.75) is 44.5 Å². The fraction of sp³-hybridized carbons (Fsp3) is 0.545. The van der Waals surface area contributed by atoms with Crippen LogP contribution >= 0.6 is 0 Å². The van der Waals surface area contributed by atoms with Crippen LogP contribution in [0.15, 0.2) is 23.9 Å². The van der Waals surface area contributed by atoms with Gasteiger partial charge in [-0.05, 0) is 51.4 Å². The van der Waals surface area contributed by atoms with Crippen molar-refractivity contribution in [3.63, 3.8) is 0 Å². The van der Waals surface area contributed by atoms with E-state index in [4.69, 9.17) is 10.5 Å². The quantitative estimate of drug-likeness (QED) is 0.792. The van der Waals surface area contributed by atoms with Gasteiger partial charge in [0.1, 0.15) is 5.82 Å². The van der Waals surface area contributed by atoms with Crippen molar-refractivity contribution >= 4 is 11.4 Å². The number of fused-ring (bicyclic) bond motifs is 1. The fourth-order valence-electron chi connectivity index (χ4n) is 5.14. The van der Waals surface area contributed by atoms with Crippen molar-refractivity contribution in [2.24, 2.45) is 5.92 Å². The molecular weight excluding hydrogens is 407 g/mol. The highest BCUT2D eigenvalue weighted by Crippen LogP contribution is 2.61. The van der Waals surface area contributed by atoms with Crippen LogP contribution in [-0.4, -0.2) is 52.0 Å². The van der Waals surface area contributed by atoms with E-state index in [2.05, 4.69) is 22.0 Å². The third kappa shape index (κ3) is 3.43. The average Bonchev–Trinajstić information content (AvgIpc) is 3.03. The van der Waals surface area contributed by atoms with Crippen LogP contribution in [0.1, 0.15) is 44.0 Å². The number of alkyl halides is 3. The molecule has 9 heteroatoms. The Labute approximate surface area is 178 Å². The number of halogens is 3. The van der Waals surface area contributed by atoms with Crippen molar-refractivity contribution in [2.75, 3.05) is 32.5 Å². The van der Waals surface area contributed by atoms with E-state index < -0.39 is 17.6 Å². The van der Waals surface area contributed by atoms with Gasteiger partial charge in [0.2, 0.25) is 0 Å². The molecule has 1 unspecified atom stereocenters. The summed E-state index contributed by atoms with van der Waals surface area (Å²) < 4.78 is 47.9. The Morgan fingerprint density at radius 1 is 1.29 bits per heavy atom. The number of morpholine rings is 1. The summed E-state index contributed by atoms with van der Waals surface area (Å²) >= 11 is 0. The van der Waals surface area contributed by atoms with Gasteiger partial charge in [0.25, 0.3) is 0 Å². The molecule has 1 aliphatic heterocycles. The number of nitrogens with two attached hydrogens (primary N) is 1. The van der Waals surface area contributed by atoms with Gasteiger partial charge in [-0.2, -0.15) is 18.3 Å². The summed E-state index contributed by atoms with van der Waals surface area (Å²) in [6.07, 6.45) is -1.33. The number of nitrogens with zero attached hydrogens (tertiary/aromatic N) is 4. The Morgan fingerprint density at radius 3 is 2.68 bits per heavy atom. The second kappa shape index (κ2) is 6.80. The smallest absolute Gasteiger partial charge is 0.383 e. The summed E-state index contributed by atoms with van der Waals surface area (Å²) in [7, 11) is 2.12. The Bertz CT molecular complexity index is 1070. The first-order chi connectivity index (χ1) is 14.6. The molecule has 1 saturated carbocycles. The van der Waals surface area contributed by atoms with Crippen molar-refractivity contribution in [1.82, 2.24) is 19.7 Å². The zero-order valence-electron chi connectivity index (χ0n) is 17.8. The number of nitrogen functional groups attached to an aromatic ring is 1. The maximum atomic E-state index is 13.3. The molecule has 2 atom stereocenters. The molecule has 2 N–H and O–H groups in total. The molecule has 31 heavy (non-hydrogen) atoms. The number of rotatable bonds is 3. The largest absolute Gasteiger partial charge is 0.419 e. The Hall–Kier alpha value is -2.39. The summed E-state index contributed by atoms with van der Waals surface area (Å²) in [6.45, 7) is 6.69. The number of allylic oxidation sites excluding steroid dienone is 1. The minimum atomic E-state index is -4.56. The minimum Gasteiger partial charge on any atom is -0.383 e. The summed E-state index contributed by atoms with van der Waals surface area (Å²) in [5.41, 5.74) is 8.87. The van der Waals surface area contributed by atoms with Crippen LogP contribution in [0.5, 0.6) is 0 Å². The standard InChI is InChI=1S/C22H26F3N5O/c1-12(2)30-18(19-14-8-21(9-15(14)19)11-29(3)4-5-31-21)7-17(28-30)13-6-16(22(23,24)25)20(26)27-10-13/h6-7,10,12,14H,4-5,8-9,11H2,1-3H3,(H2,26,27)/t14-,21?/m1/s1. The second-order valence-electron chi connectivity index (χ2n) is 9.25. The van der Waals surface area contributed by atoms with Crippen LogP contribution in [0.3, 0.4) is 0 Å². The Morgan fingerprint density at radius 2 is 2.06 bits per heavy atom. The van der Waals surface area contributed by atoms with Crippen LogP contribution in [0.25, 0.3) is 16.8 Å². The van der Waals surface area contributed by atoms with Gasteiger partial charge in [-0.1, -0.05) is 5.57 Å². The lowest BCUT2D eigenvalue weighted by Gasteiger charge is -2.39. The van der Waals surface area contributed by atoms with E-state index in [9.17, 15) is 13.2 Å². The lowest BCUT2D eigenvalue weighted by Crippen LogP contribution is -2.49. The second-order valence-corrected chi connectivity index (χ2v) is 9.25. The summed E-state index contributed by atoms with van der Waals surface area (Å²) in [5, 5.41) is 4.63. The zero-order valence-corrected chi connectivity index (χ0v) is 17.8. The van der Waals surface area contributed by atoms with E-state index in [1.165, 1.54) is 17.3 Å². The third-order valence-corrected chi connectivity index (χ3v) is 6.58. The highest BCUT2D eigenvalue weighted by Gasteiger charge is 2.55. The van der Waals surface area contributed by atoms with Gasteiger partial charge in [0.15, 0.2) is 0 Å². The first kappa shape index (κ1) is 20.5. The first-order valence-corrected chi connectivity index (χ1v) is 10.6. The van der Waals surface area contributed by atoms with Gasteiger partial charge in [-0.3, -0.25) is 4.68 Å². The highest BCUT2D eigenvalue weighted by atomic mass is 19.4. The SMILES string of the molecule is CC(C)n1nc(-c2cnc(N)c(C(F)(F)F)c2)cc1C1=C2CC3(C[C@H]21)CN(C)CCO3. The average molecular weight is 433 g/mol. The first-order valence-electron chi connectivity index (χ1n) is 10.6. The van der Waals surface area contributed by atoms with Crippen LogP contribution in [0.4, 0.5) is 19.0 Å². The third-order valence-electron chi connectivity index (χ3n) is 6.58. The number of anilines is 1. The van der Waals surface area contributed by atoms with Crippen LogP contribution in [0.2, 0.25) is 0 Å². The Balaban J connectivity index is 1.48. The molecule has 2 aliphatic carbocycles. The topological polar surface area (TPSA) is 69.2 Å². The number of hydrogen-bond donors (Lipinski definition) is 1. The van der Waals surface area contributed by atoms with Crippen molar-refractivity contribution in [3.8, 4) is 11.3 Å². The Kier molecular flexibility index (Phi) is 4.50. The van der Waals surface area contributed by atoms with Crippen molar-refractivity contribution in [3.05, 3.63) is 35.2 Å². The summed E-state index contributed by atoms with van der Waals surface area (Å²) in [5.74, 6) is -0.145. The maximum Gasteiger partial charge on any atom is 0.419 e. The molecule has 1 spiro atoms. The molecule has 0 aromatic carbocycles. The zero-order chi connectivity index (χ0) is 22.1. The van der Waals surface area contributed by atoms with Crippen molar-refractivity contribution < 1.29 is 17.9 Å². The number of hydrogen-bond acceptors (Lipinski definition) is 5. The maximum absolute atomic E-state index is 13.3. The van der Waals surface area contributed by atoms with E-state index in [-0.39, 0.29) is 11.6 Å². The molecule has 3 heterocycles. The lowest BCUT2D eigenvalue weighted by molar-refractivity contribution is -0.137. The molecule has 0 amide bonds. The van der Waals surface area contributed by atoms with Crippen LogP contribution in [-0.2, 0) is 10.9 Å². The summed E-state index contributed by atoms with van der Waals surface area (Å²) in [6, 6.07) is 2.99. The normalized spacial score (nSPS) is 26.2. The molecular formula is C22H26F3N5O. The van der Waals surface area contributed by atoms with Crippen molar-refractivity contribution in [1.29, 1.82) is 0 Å². The molecule has 2 fully saturated rings. The predicted molar refractivity (Wildman–Crippen MR) is 111 cm³/mol. The van der Waals surface area contributed by atoms with E-state index in [1.54, 1.807) is 0 Å². The minimum absolute atomic E-state index is 0.0769. The molecule has 0 radical (unpaired) electrons. The molecule has 3 aliphatic rings. The monoisotopic (exact) mass is 433 g/mol. The predicted octanol–water partition coefficient (Wildman–Crippen LogP) is 4.01. The number of ether oxygens (including phenoxy) is 1. The fourth-order valence-corrected chi connectivity index (χ4v) is 5.14. The van der Waals surface area contributed by atoms with E-state index in [0.29, 0.717) is 17.2 Å². The highest BCUT2D eigenvalue weighted by molar-refractivity contribution is 5.87. The van der Waals surface area contributed by atoms with Crippen LogP contribution < -0.4 is 5.73 Å². The number of aromatic nitrogens is 3. The molecule has 6 nitrogen and oxygen atoms in total.